The van der Waals surface area contributed by atoms with Crippen molar-refractivity contribution in [1.82, 2.24) is 5.43 Å². The smallest absolute Gasteiger partial charge is 0.282 e. The molecule has 3 aromatic carbocycles. The van der Waals surface area contributed by atoms with Crippen LogP contribution in [-0.2, 0) is 6.61 Å². The zero-order valence-electron chi connectivity index (χ0n) is 17.8. The molecule has 1 amide bonds. The lowest BCUT2D eigenvalue weighted by Gasteiger charge is -2.15. The van der Waals surface area contributed by atoms with E-state index in [0.717, 1.165) is 5.56 Å². The van der Waals surface area contributed by atoms with E-state index in [2.05, 4.69) is 26.5 Å². The van der Waals surface area contributed by atoms with Crippen LogP contribution in [0.4, 0.5) is 5.69 Å². The minimum atomic E-state index is -0.701. The predicted octanol–water partition coefficient (Wildman–Crippen LogP) is 6.41. The summed E-state index contributed by atoms with van der Waals surface area (Å²) in [7, 11) is 0. The van der Waals surface area contributed by atoms with Gasteiger partial charge in [0.2, 0.25) is 0 Å². The first-order valence-electron chi connectivity index (χ1n) is 9.90. The van der Waals surface area contributed by atoms with Crippen LogP contribution in [0, 0.1) is 10.1 Å². The van der Waals surface area contributed by atoms with Gasteiger partial charge in [-0.15, -0.1) is 0 Å². The van der Waals surface area contributed by atoms with Crippen LogP contribution in [0.5, 0.6) is 11.5 Å². The maximum atomic E-state index is 12.3. The molecule has 11 heteroatoms. The van der Waals surface area contributed by atoms with Crippen molar-refractivity contribution < 1.29 is 19.2 Å². The molecule has 0 fully saturated rings. The summed E-state index contributed by atoms with van der Waals surface area (Å²) in [6.07, 6.45) is 1.39. The third kappa shape index (κ3) is 6.47. The Morgan fingerprint density at radius 3 is 2.65 bits per heavy atom. The molecule has 0 heterocycles. The van der Waals surface area contributed by atoms with Crippen molar-refractivity contribution in [1.29, 1.82) is 0 Å². The molecule has 3 rings (SSSR count). The maximum absolute atomic E-state index is 12.3. The van der Waals surface area contributed by atoms with Crippen molar-refractivity contribution in [3.8, 4) is 11.5 Å². The van der Waals surface area contributed by atoms with Gasteiger partial charge in [-0.05, 0) is 58.7 Å². The van der Waals surface area contributed by atoms with E-state index in [-0.39, 0.29) is 17.9 Å². The number of nitro groups is 1. The van der Waals surface area contributed by atoms with E-state index < -0.39 is 10.8 Å². The highest BCUT2D eigenvalue weighted by Crippen LogP contribution is 2.37. The van der Waals surface area contributed by atoms with Gasteiger partial charge in [-0.1, -0.05) is 41.4 Å². The molecule has 8 nitrogen and oxygen atoms in total. The molecule has 3 aromatic rings. The van der Waals surface area contributed by atoms with Crippen LogP contribution >= 0.6 is 39.1 Å². The quantitative estimate of drug-likeness (QED) is 0.183. The van der Waals surface area contributed by atoms with Gasteiger partial charge in [-0.2, -0.15) is 5.10 Å². The topological polar surface area (TPSA) is 103 Å². The second kappa shape index (κ2) is 11.8. The summed E-state index contributed by atoms with van der Waals surface area (Å²) < 4.78 is 12.2. The molecule has 1 N–H and O–H groups in total. The molecule has 176 valence electrons. The minimum absolute atomic E-state index is 0.0922. The molecule has 0 aliphatic carbocycles. The van der Waals surface area contributed by atoms with E-state index in [1.54, 1.807) is 30.3 Å². The Hall–Kier alpha value is -3.14. The molecule has 0 aromatic heterocycles. The van der Waals surface area contributed by atoms with E-state index >= 15 is 0 Å². The highest BCUT2D eigenvalue weighted by Gasteiger charge is 2.18. The lowest BCUT2D eigenvalue weighted by atomic mass is 10.2. The van der Waals surface area contributed by atoms with Crippen LogP contribution in [-0.4, -0.2) is 23.7 Å². The number of nitro benzene ring substituents is 1. The van der Waals surface area contributed by atoms with Gasteiger partial charge in [0.15, 0.2) is 11.5 Å². The second-order valence-corrected chi connectivity index (χ2v) is 8.46. The number of nitrogens with zero attached hydrogens (tertiary/aromatic N) is 2. The largest absolute Gasteiger partial charge is 0.490 e. The fourth-order valence-electron chi connectivity index (χ4n) is 2.90. The Labute approximate surface area is 213 Å². The number of carbonyl (C=O) groups excluding carboxylic acids is 1. The van der Waals surface area contributed by atoms with E-state index in [1.807, 2.05) is 6.92 Å². The molecule has 0 atom stereocenters. The number of ether oxygens (including phenoxy) is 2. The first-order valence-corrected chi connectivity index (χ1v) is 11.4. The summed E-state index contributed by atoms with van der Waals surface area (Å²) in [6, 6.07) is 14.2. The van der Waals surface area contributed by atoms with Gasteiger partial charge in [0.25, 0.3) is 11.6 Å². The van der Waals surface area contributed by atoms with E-state index in [1.165, 1.54) is 30.5 Å². The lowest BCUT2D eigenvalue weighted by Crippen LogP contribution is -2.19. The summed E-state index contributed by atoms with van der Waals surface area (Å²) in [5.74, 6) is 0.217. The first-order chi connectivity index (χ1) is 16.3. The zero-order chi connectivity index (χ0) is 24.7. The molecule has 0 aliphatic heterocycles. The van der Waals surface area contributed by atoms with Crippen molar-refractivity contribution in [3.05, 3.63) is 95.9 Å². The highest BCUT2D eigenvalue weighted by atomic mass is 79.9. The SMILES string of the molecule is CCOc1cc(/C=N\NC(=O)c2ccccc2[N+](=O)[O-])cc(Br)c1OCc1ccc(Cl)cc1Cl. The fourth-order valence-corrected chi connectivity index (χ4v) is 3.94. The number of hydrogen-bond donors (Lipinski definition) is 1. The number of amides is 1. The molecule has 0 unspecified atom stereocenters. The van der Waals surface area contributed by atoms with Crippen molar-refractivity contribution >= 4 is 56.9 Å². The van der Waals surface area contributed by atoms with Crippen molar-refractivity contribution in [2.24, 2.45) is 5.10 Å². The van der Waals surface area contributed by atoms with Crippen molar-refractivity contribution in [2.75, 3.05) is 6.61 Å². The summed E-state index contributed by atoms with van der Waals surface area (Å²) in [6.45, 7) is 2.41. The lowest BCUT2D eigenvalue weighted by molar-refractivity contribution is -0.385. The summed E-state index contributed by atoms with van der Waals surface area (Å²) in [5.41, 5.74) is 3.25. The molecule has 34 heavy (non-hydrogen) atoms. The van der Waals surface area contributed by atoms with Gasteiger partial charge in [-0.3, -0.25) is 14.9 Å². The molecule has 0 saturated carbocycles. The number of benzene rings is 3. The third-order valence-electron chi connectivity index (χ3n) is 4.44. The predicted molar refractivity (Wildman–Crippen MR) is 134 cm³/mol. The Morgan fingerprint density at radius 2 is 1.94 bits per heavy atom. The van der Waals surface area contributed by atoms with Gasteiger partial charge in [0.05, 0.1) is 22.2 Å². The number of carbonyl (C=O) groups is 1. The number of para-hydroxylation sites is 1. The number of rotatable bonds is 9. The van der Waals surface area contributed by atoms with Crippen molar-refractivity contribution in [2.45, 2.75) is 13.5 Å². The van der Waals surface area contributed by atoms with E-state index in [4.69, 9.17) is 32.7 Å². The number of halogens is 3. The fraction of sp³-hybridized carbons (Fsp3) is 0.130. The van der Waals surface area contributed by atoms with Gasteiger partial charge in [0, 0.05) is 21.7 Å². The van der Waals surface area contributed by atoms with Crippen LogP contribution in [0.1, 0.15) is 28.4 Å². The van der Waals surface area contributed by atoms with Crippen LogP contribution in [0.3, 0.4) is 0 Å². The molecule has 0 saturated heterocycles. The molecule has 0 aliphatic rings. The Kier molecular flexibility index (Phi) is 8.86. The molecular formula is C23H18BrCl2N3O5. The normalized spacial score (nSPS) is 10.8. The molecular weight excluding hydrogens is 549 g/mol. The average Bonchev–Trinajstić information content (AvgIpc) is 2.79. The van der Waals surface area contributed by atoms with Gasteiger partial charge in [0.1, 0.15) is 12.2 Å². The average molecular weight is 567 g/mol. The van der Waals surface area contributed by atoms with Gasteiger partial charge >= 0.3 is 0 Å². The van der Waals surface area contributed by atoms with Crippen LogP contribution < -0.4 is 14.9 Å². The number of hydrazone groups is 1. The van der Waals surface area contributed by atoms with Crippen molar-refractivity contribution in [3.63, 3.8) is 0 Å². The highest BCUT2D eigenvalue weighted by molar-refractivity contribution is 9.10. The molecule has 0 bridgehead atoms. The van der Waals surface area contributed by atoms with Crippen LogP contribution in [0.15, 0.2) is 64.2 Å². The zero-order valence-corrected chi connectivity index (χ0v) is 20.9. The van der Waals surface area contributed by atoms with Gasteiger partial charge in [-0.25, -0.2) is 5.43 Å². The summed E-state index contributed by atoms with van der Waals surface area (Å²) in [5, 5.41) is 16.0. The number of nitrogens with one attached hydrogen (secondary N) is 1. The van der Waals surface area contributed by atoms with Gasteiger partial charge < -0.3 is 9.47 Å². The summed E-state index contributed by atoms with van der Waals surface area (Å²) >= 11 is 15.6. The molecule has 0 spiro atoms. The minimum Gasteiger partial charge on any atom is -0.490 e. The maximum Gasteiger partial charge on any atom is 0.282 e. The second-order valence-electron chi connectivity index (χ2n) is 6.76. The third-order valence-corrected chi connectivity index (χ3v) is 5.62. The molecule has 0 radical (unpaired) electrons. The first kappa shape index (κ1) is 25.5. The standard InChI is InChI=1S/C23H18BrCl2N3O5/c1-2-33-21-10-14(12-27-28-23(30)17-5-3-4-6-20(17)29(31)32)9-18(24)22(21)34-13-15-7-8-16(25)11-19(15)26/h3-12H,2,13H2,1H3,(H,28,30)/b27-12-. The summed E-state index contributed by atoms with van der Waals surface area (Å²) in [4.78, 5) is 22.8. The Morgan fingerprint density at radius 1 is 1.18 bits per heavy atom. The van der Waals surface area contributed by atoms with Crippen LogP contribution in [0.2, 0.25) is 10.0 Å². The van der Waals surface area contributed by atoms with Crippen LogP contribution in [0.25, 0.3) is 0 Å². The Balaban J connectivity index is 1.76. The van der Waals surface area contributed by atoms with E-state index in [9.17, 15) is 14.9 Å². The monoisotopic (exact) mass is 565 g/mol. The number of hydrogen-bond acceptors (Lipinski definition) is 6. The Bertz CT molecular complexity index is 1250. The van der Waals surface area contributed by atoms with E-state index in [0.29, 0.717) is 38.2 Å².